The Labute approximate surface area is 76.0 Å². The molecule has 0 aliphatic heterocycles. The molecule has 1 aromatic heterocycles. The molecule has 0 radical (unpaired) electrons. The van der Waals surface area contributed by atoms with Crippen LogP contribution in [0.4, 0.5) is 27.5 Å². The second-order valence-corrected chi connectivity index (χ2v) is 2.62. The van der Waals surface area contributed by atoms with Crippen molar-refractivity contribution >= 4 is 18.3 Å². The summed E-state index contributed by atoms with van der Waals surface area (Å²) in [5.41, 5.74) is 2.92. The summed E-state index contributed by atoms with van der Waals surface area (Å²) in [4.78, 5) is 3.06. The second-order valence-electron chi connectivity index (χ2n) is 2.62. The van der Waals surface area contributed by atoms with Crippen molar-refractivity contribution in [2.45, 2.75) is 6.43 Å². The normalized spacial score (nSPS) is 12.1. The Bertz CT molecular complexity index is 337. The van der Waals surface area contributed by atoms with Crippen LogP contribution in [0, 0.1) is 0 Å². The van der Waals surface area contributed by atoms with Crippen LogP contribution in [0.1, 0.15) is 12.0 Å². The second kappa shape index (κ2) is 3.43. The number of rotatable bonds is 2. The summed E-state index contributed by atoms with van der Waals surface area (Å²) in [6.45, 7) is -5.32. The minimum Gasteiger partial charge on any atom is -0.445 e. The van der Waals surface area contributed by atoms with Crippen LogP contribution in [0.3, 0.4) is 0 Å². The fraction of sp³-hybridized carbons (Fsp3) is 0.167. The molecule has 0 saturated heterocycles. The van der Waals surface area contributed by atoms with E-state index >= 15 is 0 Å². The summed E-state index contributed by atoms with van der Waals surface area (Å²) in [5, 5.41) is 0. The van der Waals surface area contributed by atoms with E-state index in [9.17, 15) is 21.7 Å². The number of hydrogen-bond donors (Lipinski definition) is 1. The lowest BCUT2D eigenvalue weighted by Gasteiger charge is -2.15. The first-order chi connectivity index (χ1) is 6.32. The predicted molar refractivity (Wildman–Crippen MR) is 42.3 cm³/mol. The van der Waals surface area contributed by atoms with Crippen molar-refractivity contribution in [1.82, 2.24) is 4.98 Å². The number of nitrogens with two attached hydrogens (primary N) is 1. The minimum atomic E-state index is -5.32. The molecular weight excluding hydrogens is 206 g/mol. The highest BCUT2D eigenvalue weighted by Gasteiger charge is 2.27. The zero-order chi connectivity index (χ0) is 10.9. The van der Waals surface area contributed by atoms with Gasteiger partial charge in [-0.25, -0.2) is 13.8 Å². The third-order valence-corrected chi connectivity index (χ3v) is 1.58. The van der Waals surface area contributed by atoms with E-state index in [2.05, 4.69) is 4.98 Å². The van der Waals surface area contributed by atoms with Gasteiger partial charge in [0, 0.05) is 6.20 Å². The molecule has 0 amide bonds. The molecule has 0 fully saturated rings. The SMILES string of the molecule is Nc1ncc([B-](F)(F)F)cc1C(F)F. The first kappa shape index (κ1) is 10.7. The fourth-order valence-corrected chi connectivity index (χ4v) is 0.863. The number of alkyl halides is 2. The first-order valence-corrected chi connectivity index (χ1v) is 3.55. The molecule has 78 valence electrons. The molecule has 14 heavy (non-hydrogen) atoms. The highest BCUT2D eigenvalue weighted by Crippen LogP contribution is 2.23. The Balaban J connectivity index is 3.20. The molecule has 0 aliphatic rings. The molecule has 0 atom stereocenters. The van der Waals surface area contributed by atoms with Crippen LogP contribution in [0.2, 0.25) is 0 Å². The molecule has 2 nitrogen and oxygen atoms in total. The molecule has 0 saturated carbocycles. The van der Waals surface area contributed by atoms with Gasteiger partial charge in [-0.05, 0) is 0 Å². The number of halogens is 5. The molecule has 1 heterocycles. The maximum absolute atomic E-state index is 12.1. The van der Waals surface area contributed by atoms with E-state index in [1.165, 1.54) is 0 Å². The topological polar surface area (TPSA) is 38.9 Å². The monoisotopic (exact) mass is 211 g/mol. The lowest BCUT2D eigenvalue weighted by atomic mass is 9.81. The summed E-state index contributed by atoms with van der Waals surface area (Å²) in [5.74, 6) is -0.580. The summed E-state index contributed by atoms with van der Waals surface area (Å²) in [6.07, 6.45) is -2.61. The predicted octanol–water partition coefficient (Wildman–Crippen LogP) is 1.66. The Kier molecular flexibility index (Phi) is 2.63. The molecule has 2 N–H and O–H groups in total. The lowest BCUT2D eigenvalue weighted by molar-refractivity contribution is 0.152. The van der Waals surface area contributed by atoms with Crippen molar-refractivity contribution in [3.05, 3.63) is 17.8 Å². The molecule has 1 aromatic rings. The van der Waals surface area contributed by atoms with Crippen LogP contribution in [0.5, 0.6) is 0 Å². The number of aromatic nitrogens is 1. The average Bonchev–Trinajstić information content (AvgIpc) is 2.02. The van der Waals surface area contributed by atoms with Crippen LogP contribution in [0.15, 0.2) is 12.3 Å². The van der Waals surface area contributed by atoms with Gasteiger partial charge in [0.1, 0.15) is 5.82 Å². The number of nitrogen functional groups attached to an aromatic ring is 1. The van der Waals surface area contributed by atoms with Crippen molar-refractivity contribution in [3.63, 3.8) is 0 Å². The van der Waals surface area contributed by atoms with E-state index in [1.54, 1.807) is 0 Å². The Morgan fingerprint density at radius 1 is 1.29 bits per heavy atom. The van der Waals surface area contributed by atoms with Gasteiger partial charge in [-0.2, -0.15) is 0 Å². The van der Waals surface area contributed by atoms with E-state index < -0.39 is 30.2 Å². The Hall–Kier alpha value is -1.34. The van der Waals surface area contributed by atoms with Crippen LogP contribution < -0.4 is 11.2 Å². The van der Waals surface area contributed by atoms with Crippen molar-refractivity contribution < 1.29 is 21.7 Å². The molecule has 0 aliphatic carbocycles. The van der Waals surface area contributed by atoms with E-state index in [-0.39, 0.29) is 0 Å². The van der Waals surface area contributed by atoms with Crippen molar-refractivity contribution in [2.24, 2.45) is 0 Å². The summed E-state index contributed by atoms with van der Waals surface area (Å²) >= 11 is 0. The summed E-state index contributed by atoms with van der Waals surface area (Å²) < 4.78 is 60.5. The molecule has 1 rings (SSSR count). The van der Waals surface area contributed by atoms with Gasteiger partial charge in [-0.3, -0.25) is 0 Å². The van der Waals surface area contributed by atoms with Gasteiger partial charge in [0.25, 0.3) is 6.43 Å². The quantitative estimate of drug-likeness (QED) is 0.596. The lowest BCUT2D eigenvalue weighted by Crippen LogP contribution is -2.35. The molecule has 0 bridgehead atoms. The maximum atomic E-state index is 12.1. The van der Waals surface area contributed by atoms with E-state index in [4.69, 9.17) is 5.73 Å². The number of pyridine rings is 1. The number of anilines is 1. The van der Waals surface area contributed by atoms with Crippen molar-refractivity contribution in [1.29, 1.82) is 0 Å². The van der Waals surface area contributed by atoms with Gasteiger partial charge in [-0.1, -0.05) is 11.5 Å². The number of hydrogen-bond acceptors (Lipinski definition) is 2. The van der Waals surface area contributed by atoms with Crippen molar-refractivity contribution in [2.75, 3.05) is 5.73 Å². The van der Waals surface area contributed by atoms with E-state index in [1.807, 2.05) is 0 Å². The maximum Gasteiger partial charge on any atom is 0.511 e. The molecular formula is C6H5BF5N2-. The smallest absolute Gasteiger partial charge is 0.445 e. The molecule has 0 spiro atoms. The van der Waals surface area contributed by atoms with Crippen LogP contribution in [-0.4, -0.2) is 12.0 Å². The van der Waals surface area contributed by atoms with Gasteiger partial charge in [0.15, 0.2) is 0 Å². The highest BCUT2D eigenvalue weighted by molar-refractivity contribution is 6.73. The van der Waals surface area contributed by atoms with Gasteiger partial charge < -0.3 is 18.7 Å². The molecule has 0 unspecified atom stereocenters. The van der Waals surface area contributed by atoms with Gasteiger partial charge >= 0.3 is 6.98 Å². The van der Waals surface area contributed by atoms with Crippen molar-refractivity contribution in [3.8, 4) is 0 Å². The van der Waals surface area contributed by atoms with E-state index in [0.29, 0.717) is 12.3 Å². The van der Waals surface area contributed by atoms with Gasteiger partial charge in [0.2, 0.25) is 0 Å². The standard InChI is InChI=1S/C6H5BF5N2/c8-5(9)4-1-3(7(10,11)12)2-14-6(4)13/h1-2,5H,(H2,13,14)/q-1. The van der Waals surface area contributed by atoms with Gasteiger partial charge in [0.05, 0.1) is 5.56 Å². The average molecular weight is 211 g/mol. The summed E-state index contributed by atoms with van der Waals surface area (Å²) in [6, 6.07) is 0.326. The zero-order valence-corrected chi connectivity index (χ0v) is 6.72. The molecule has 0 aromatic carbocycles. The Morgan fingerprint density at radius 2 is 1.86 bits per heavy atom. The molecule has 8 heteroatoms. The highest BCUT2D eigenvalue weighted by atomic mass is 19.4. The Morgan fingerprint density at radius 3 is 2.29 bits per heavy atom. The number of nitrogens with zero attached hydrogens (tertiary/aromatic N) is 1. The largest absolute Gasteiger partial charge is 0.511 e. The third kappa shape index (κ3) is 2.12. The van der Waals surface area contributed by atoms with Crippen LogP contribution in [0.25, 0.3) is 0 Å². The van der Waals surface area contributed by atoms with E-state index in [0.717, 1.165) is 0 Å². The van der Waals surface area contributed by atoms with Crippen LogP contribution in [-0.2, 0) is 0 Å². The first-order valence-electron chi connectivity index (χ1n) is 3.55. The summed E-state index contributed by atoms with van der Waals surface area (Å²) in [7, 11) is 0. The zero-order valence-electron chi connectivity index (χ0n) is 6.72. The third-order valence-electron chi connectivity index (χ3n) is 1.58. The van der Waals surface area contributed by atoms with Crippen LogP contribution >= 0.6 is 0 Å². The van der Waals surface area contributed by atoms with Gasteiger partial charge in [-0.15, -0.1) is 0 Å². The fourth-order valence-electron chi connectivity index (χ4n) is 0.863. The minimum absolute atomic E-state index is 0.326.